The molecule has 16 heteroatoms. The molecule has 16 nitrogen and oxygen atoms in total. The van der Waals surface area contributed by atoms with Gasteiger partial charge in [0.1, 0.15) is 29.9 Å². The van der Waals surface area contributed by atoms with E-state index in [2.05, 4.69) is 80.0 Å². The molecule has 6 heterocycles. The van der Waals surface area contributed by atoms with Crippen molar-refractivity contribution in [2.45, 2.75) is 118 Å². The Morgan fingerprint density at radius 3 is 2.44 bits per heavy atom. The van der Waals surface area contributed by atoms with Gasteiger partial charge in [-0.1, -0.05) is 60.6 Å². The number of aromatic hydroxyl groups is 1. The first-order valence-electron chi connectivity index (χ1n) is 25.0. The number of esters is 1. The van der Waals surface area contributed by atoms with Gasteiger partial charge in [-0.25, -0.2) is 5.43 Å². The highest BCUT2D eigenvalue weighted by Crippen LogP contribution is 2.42. The highest BCUT2D eigenvalue weighted by molar-refractivity contribution is 5.96. The number of aromatic nitrogens is 2. The number of carbonyl (C=O) groups is 5. The predicted octanol–water partition coefficient (Wildman–Crippen LogP) is 5.53. The van der Waals surface area contributed by atoms with E-state index in [0.29, 0.717) is 51.1 Å². The third kappa shape index (κ3) is 10.6. The molecule has 3 saturated heterocycles. The number of nitrogens with one attached hydrogen (secondary N) is 2. The van der Waals surface area contributed by atoms with Crippen LogP contribution in [0.2, 0.25) is 0 Å². The number of rotatable bonds is 12. The highest BCUT2D eigenvalue weighted by atomic mass is 16.5. The SMILES string of the molecule is CCn1c(-c2cccnc2C(C)C)c2c3cc(ccc31)-c1cc(O)cc(c1)C[C@H](NC(=O)[C@H](C(C)C)N(C)C(=O)CN(C)C(=O)[C@H]1CN1CC1(C)COC1)C(=O)N1CCC[C@H](N1)C(=O)OCC(C)(C)C2. The van der Waals surface area contributed by atoms with Crippen molar-refractivity contribution in [2.24, 2.45) is 16.7 Å². The molecule has 1 unspecified atom stereocenters. The zero-order chi connectivity index (χ0) is 50.4. The molecule has 2 aromatic carbocycles. The third-order valence-corrected chi connectivity index (χ3v) is 14.4. The Hall–Kier alpha value is -5.84. The van der Waals surface area contributed by atoms with Crippen molar-refractivity contribution in [3.8, 4) is 28.1 Å². The van der Waals surface area contributed by atoms with E-state index in [9.17, 15) is 29.1 Å². The fraction of sp³-hybridized carbons (Fsp3) is 0.556. The average Bonchev–Trinajstić information content (AvgIpc) is 4.01. The number of phenolic OH excluding ortho intramolecular Hbond substituents is 1. The molecular weight excluding hydrogens is 889 g/mol. The summed E-state index contributed by atoms with van der Waals surface area (Å²) < 4.78 is 13.8. The maximum absolute atomic E-state index is 14.8. The number of likely N-dealkylation sites (N-methyl/N-ethyl adjacent to an activating group) is 2. The van der Waals surface area contributed by atoms with Gasteiger partial charge in [-0.3, -0.25) is 38.9 Å². The number of hydrogen-bond donors (Lipinski definition) is 3. The Balaban J connectivity index is 1.12. The van der Waals surface area contributed by atoms with Crippen LogP contribution in [0.5, 0.6) is 5.75 Å². The van der Waals surface area contributed by atoms with Gasteiger partial charge in [0, 0.05) is 80.2 Å². The number of carbonyl (C=O) groups excluding carboxylic acids is 5. The van der Waals surface area contributed by atoms with E-state index in [1.165, 1.54) is 14.8 Å². The first-order valence-corrected chi connectivity index (χ1v) is 25.0. The van der Waals surface area contributed by atoms with Crippen LogP contribution < -0.4 is 10.7 Å². The quantitative estimate of drug-likeness (QED) is 0.120. The second-order valence-electron chi connectivity index (χ2n) is 21.9. The Bertz CT molecular complexity index is 2650. The lowest BCUT2D eigenvalue weighted by atomic mass is 9.83. The Morgan fingerprint density at radius 1 is 1.00 bits per heavy atom. The van der Waals surface area contributed by atoms with E-state index in [1.54, 1.807) is 26.2 Å². The molecule has 376 valence electrons. The summed E-state index contributed by atoms with van der Waals surface area (Å²) in [5.74, 6) is -2.31. The molecule has 8 rings (SSSR count). The highest BCUT2D eigenvalue weighted by Gasteiger charge is 2.48. The fourth-order valence-electron chi connectivity index (χ4n) is 10.7. The van der Waals surface area contributed by atoms with Gasteiger partial charge in [-0.2, -0.15) is 0 Å². The molecule has 4 aromatic rings. The molecule has 6 bridgehead atoms. The number of fused-ring (bicyclic) bond motifs is 6. The molecule has 0 aliphatic carbocycles. The number of nitrogens with zero attached hydrogens (tertiary/aromatic N) is 6. The topological polar surface area (TPSA) is 179 Å². The van der Waals surface area contributed by atoms with Gasteiger partial charge in [0.15, 0.2) is 0 Å². The van der Waals surface area contributed by atoms with Crippen LogP contribution in [-0.2, 0) is 52.8 Å². The predicted molar refractivity (Wildman–Crippen MR) is 267 cm³/mol. The Kier molecular flexibility index (Phi) is 14.5. The third-order valence-electron chi connectivity index (χ3n) is 14.4. The lowest BCUT2D eigenvalue weighted by Crippen LogP contribution is -2.62. The molecule has 3 N–H and O–H groups in total. The van der Waals surface area contributed by atoms with E-state index in [-0.39, 0.29) is 61.1 Å². The number of hydrogen-bond acceptors (Lipinski definition) is 11. The summed E-state index contributed by atoms with van der Waals surface area (Å²) in [6, 6.07) is 12.3. The number of amides is 4. The van der Waals surface area contributed by atoms with E-state index in [4.69, 9.17) is 14.5 Å². The maximum Gasteiger partial charge on any atom is 0.324 e. The minimum absolute atomic E-state index is 0.00632. The van der Waals surface area contributed by atoms with Gasteiger partial charge in [0.2, 0.25) is 17.7 Å². The molecule has 0 radical (unpaired) electrons. The number of hydrazine groups is 1. The Morgan fingerprint density at radius 2 is 1.76 bits per heavy atom. The maximum atomic E-state index is 14.8. The molecule has 0 saturated carbocycles. The molecular formula is C54H72N8O8. The first kappa shape index (κ1) is 50.5. The van der Waals surface area contributed by atoms with Crippen LogP contribution in [0.4, 0.5) is 0 Å². The van der Waals surface area contributed by atoms with Crippen LogP contribution in [0.1, 0.15) is 91.0 Å². The summed E-state index contributed by atoms with van der Waals surface area (Å²) in [4.78, 5) is 80.4. The Labute approximate surface area is 412 Å². The van der Waals surface area contributed by atoms with E-state index < -0.39 is 47.2 Å². The van der Waals surface area contributed by atoms with Crippen molar-refractivity contribution < 1.29 is 38.6 Å². The number of pyridine rings is 1. The van der Waals surface area contributed by atoms with Crippen molar-refractivity contribution in [3.63, 3.8) is 0 Å². The zero-order valence-corrected chi connectivity index (χ0v) is 42.6. The zero-order valence-electron chi connectivity index (χ0n) is 42.6. The lowest BCUT2D eigenvalue weighted by molar-refractivity contribution is -0.155. The second-order valence-corrected chi connectivity index (χ2v) is 21.9. The molecule has 4 aliphatic rings. The van der Waals surface area contributed by atoms with E-state index >= 15 is 0 Å². The standard InChI is InChI=1S/C54H72N8O8/c1-11-61-43-17-16-35-24-39(43)40(48(61)38-14-12-18-55-46(38)32(2)3)25-53(6,7)29-70-52(68)41-15-13-19-62(57-41)50(66)42(22-34-20-36(35)23-37(63)21-34)56-49(65)47(33(4)5)59(10)45(64)27-58(9)51(67)44-26-60(44)28-54(8)30-69-31-54/h12,14,16-18,20-21,23-24,32-33,41-42,44,47,57,63H,11,13,15,19,22,25-31H2,1-10H3,(H,56,65)/t41-,42-,44+,47-,60?/m0/s1. The molecule has 2 aromatic heterocycles. The number of phenols is 1. The number of cyclic esters (lactones) is 1. The molecule has 3 fully saturated rings. The van der Waals surface area contributed by atoms with Gasteiger partial charge < -0.3 is 34.3 Å². The molecule has 5 atom stereocenters. The van der Waals surface area contributed by atoms with Crippen LogP contribution in [0.3, 0.4) is 0 Å². The first-order chi connectivity index (χ1) is 33.2. The van der Waals surface area contributed by atoms with Gasteiger partial charge in [0.25, 0.3) is 5.91 Å². The van der Waals surface area contributed by atoms with Crippen molar-refractivity contribution in [3.05, 3.63) is 71.5 Å². The molecule has 70 heavy (non-hydrogen) atoms. The summed E-state index contributed by atoms with van der Waals surface area (Å²) in [6.07, 6.45) is 3.34. The summed E-state index contributed by atoms with van der Waals surface area (Å²) in [5, 5.41) is 16.8. The lowest BCUT2D eigenvalue weighted by Gasteiger charge is -2.38. The smallest absolute Gasteiger partial charge is 0.324 e. The number of benzene rings is 2. The van der Waals surface area contributed by atoms with Crippen molar-refractivity contribution in [1.29, 1.82) is 0 Å². The van der Waals surface area contributed by atoms with Crippen LogP contribution in [0.25, 0.3) is 33.3 Å². The summed E-state index contributed by atoms with van der Waals surface area (Å²) in [5.41, 5.74) is 10.1. The van der Waals surface area contributed by atoms with Gasteiger partial charge in [0.05, 0.1) is 37.8 Å². The monoisotopic (exact) mass is 961 g/mol. The van der Waals surface area contributed by atoms with Crippen LogP contribution >= 0.6 is 0 Å². The molecule has 4 aliphatic heterocycles. The largest absolute Gasteiger partial charge is 0.508 e. The molecule has 0 spiro atoms. The van der Waals surface area contributed by atoms with E-state index in [0.717, 1.165) is 51.1 Å². The van der Waals surface area contributed by atoms with Gasteiger partial charge in [-0.15, -0.1) is 0 Å². The van der Waals surface area contributed by atoms with Crippen LogP contribution in [0.15, 0.2) is 54.7 Å². The number of ether oxygens (including phenoxy) is 2. The second kappa shape index (κ2) is 20.1. The normalized spacial score (nSPS) is 22.5. The van der Waals surface area contributed by atoms with Crippen molar-refractivity contribution in [2.75, 3.05) is 60.1 Å². The average molecular weight is 961 g/mol. The van der Waals surface area contributed by atoms with Crippen LogP contribution in [-0.4, -0.2) is 148 Å². The molecule has 4 amide bonds. The summed E-state index contributed by atoms with van der Waals surface area (Å²) in [6.45, 7) is 20.0. The minimum atomic E-state index is -1.18. The van der Waals surface area contributed by atoms with E-state index in [1.807, 2.05) is 38.2 Å². The van der Waals surface area contributed by atoms with Gasteiger partial charge >= 0.3 is 5.97 Å². The fourth-order valence-corrected chi connectivity index (χ4v) is 10.7. The van der Waals surface area contributed by atoms with Crippen molar-refractivity contribution >= 4 is 40.5 Å². The summed E-state index contributed by atoms with van der Waals surface area (Å²) in [7, 11) is 3.14. The van der Waals surface area contributed by atoms with Crippen molar-refractivity contribution in [1.82, 2.24) is 40.0 Å². The summed E-state index contributed by atoms with van der Waals surface area (Å²) >= 11 is 0. The number of aryl methyl sites for hydroxylation is 1. The minimum Gasteiger partial charge on any atom is -0.508 e. The van der Waals surface area contributed by atoms with Gasteiger partial charge in [-0.05, 0) is 96.7 Å². The van der Waals surface area contributed by atoms with Crippen LogP contribution in [0, 0.1) is 16.7 Å².